The first-order chi connectivity index (χ1) is 11.1. The molecule has 128 valence electrons. The van der Waals surface area contributed by atoms with Crippen molar-refractivity contribution < 1.29 is 5.11 Å². The molecule has 0 unspecified atom stereocenters. The van der Waals surface area contributed by atoms with Crippen molar-refractivity contribution in [1.82, 2.24) is 0 Å². The van der Waals surface area contributed by atoms with E-state index in [-0.39, 0.29) is 11.5 Å². The van der Waals surface area contributed by atoms with Gasteiger partial charge in [0, 0.05) is 0 Å². The van der Waals surface area contributed by atoms with Crippen LogP contribution in [-0.2, 0) is 0 Å². The molecule has 0 spiro atoms. The van der Waals surface area contributed by atoms with E-state index in [1.54, 1.807) is 0 Å². The first-order valence-electron chi connectivity index (χ1n) is 10.2. The highest BCUT2D eigenvalue weighted by atomic mass is 16.3. The van der Waals surface area contributed by atoms with Crippen LogP contribution in [0.25, 0.3) is 0 Å². The molecule has 0 amide bonds. The molecule has 4 aliphatic rings. The molecule has 1 N–H and O–H groups in total. The summed E-state index contributed by atoms with van der Waals surface area (Å²) in [6.45, 7) is 2.46. The molecule has 0 aromatic carbocycles. The van der Waals surface area contributed by atoms with Crippen molar-refractivity contribution in [2.75, 3.05) is 0 Å². The van der Waals surface area contributed by atoms with Gasteiger partial charge in [-0.15, -0.1) is 0 Å². The topological polar surface area (TPSA) is 44.0 Å². The lowest BCUT2D eigenvalue weighted by molar-refractivity contribution is -0.0891. The highest BCUT2D eigenvalue weighted by molar-refractivity contribution is 5.07. The SMILES string of the molecule is C[C@]12CC[C@H]3[C@@H](CC[C@@H]4C[C@H](O)CC[C@@H]43)[C@@H]1CCCC[C@H]2C#N. The fourth-order valence-corrected chi connectivity index (χ4v) is 7.41. The number of rotatable bonds is 0. The first kappa shape index (κ1) is 15.9. The van der Waals surface area contributed by atoms with Gasteiger partial charge >= 0.3 is 0 Å². The van der Waals surface area contributed by atoms with E-state index in [1.165, 1.54) is 51.4 Å². The maximum atomic E-state index is 10.0. The van der Waals surface area contributed by atoms with Crippen LogP contribution in [0.15, 0.2) is 0 Å². The third-order valence-electron chi connectivity index (χ3n) is 8.57. The molecule has 0 bridgehead atoms. The van der Waals surface area contributed by atoms with Crippen molar-refractivity contribution in [2.24, 2.45) is 40.9 Å². The largest absolute Gasteiger partial charge is 0.393 e. The monoisotopic (exact) mass is 315 g/mol. The van der Waals surface area contributed by atoms with E-state index in [9.17, 15) is 10.4 Å². The summed E-state index contributed by atoms with van der Waals surface area (Å²) in [7, 11) is 0. The first-order valence-corrected chi connectivity index (χ1v) is 10.2. The predicted molar refractivity (Wildman–Crippen MR) is 91.5 cm³/mol. The van der Waals surface area contributed by atoms with Gasteiger partial charge in [-0.3, -0.25) is 0 Å². The minimum atomic E-state index is -0.0255. The van der Waals surface area contributed by atoms with Gasteiger partial charge in [0.05, 0.1) is 18.1 Å². The average Bonchev–Trinajstić information content (AvgIpc) is 2.72. The van der Waals surface area contributed by atoms with E-state index in [2.05, 4.69) is 13.0 Å². The number of hydrogen-bond donors (Lipinski definition) is 1. The Morgan fingerprint density at radius 1 is 0.913 bits per heavy atom. The molecule has 0 aliphatic heterocycles. The summed E-state index contributed by atoms with van der Waals surface area (Å²) in [5.41, 5.74) is 0.285. The van der Waals surface area contributed by atoms with Gasteiger partial charge in [0.25, 0.3) is 0 Å². The number of nitriles is 1. The van der Waals surface area contributed by atoms with E-state index in [0.29, 0.717) is 5.92 Å². The third kappa shape index (κ3) is 2.55. The fraction of sp³-hybridized carbons (Fsp3) is 0.952. The molecule has 8 atom stereocenters. The molecule has 4 aliphatic carbocycles. The molecule has 4 saturated carbocycles. The molecule has 4 rings (SSSR count). The quantitative estimate of drug-likeness (QED) is 0.689. The third-order valence-corrected chi connectivity index (χ3v) is 8.57. The number of hydrogen-bond acceptors (Lipinski definition) is 2. The summed E-state index contributed by atoms with van der Waals surface area (Å²) in [6, 6.07) is 2.71. The van der Waals surface area contributed by atoms with Crippen molar-refractivity contribution in [3.8, 4) is 6.07 Å². The number of aliphatic hydroxyl groups is 1. The van der Waals surface area contributed by atoms with Crippen LogP contribution in [0.4, 0.5) is 0 Å². The standard InChI is InChI=1S/C21H33NO/c1-21-11-10-18-17-9-7-16(23)12-14(17)6-8-19(18)20(21)5-3-2-4-15(21)13-22/h14-20,23H,2-12H2,1H3/t14-,15+,16-,17+,18-,19-,20+,21-/m1/s1. The maximum Gasteiger partial charge on any atom is 0.0661 e. The Labute approximate surface area is 141 Å². The van der Waals surface area contributed by atoms with E-state index in [0.717, 1.165) is 48.9 Å². The molecule has 23 heavy (non-hydrogen) atoms. The maximum absolute atomic E-state index is 10.0. The van der Waals surface area contributed by atoms with Gasteiger partial charge in [-0.2, -0.15) is 5.26 Å². The lowest BCUT2D eigenvalue weighted by Crippen LogP contribution is -2.50. The molecular formula is C21H33NO. The van der Waals surface area contributed by atoms with Gasteiger partial charge in [0.15, 0.2) is 0 Å². The summed E-state index contributed by atoms with van der Waals surface area (Å²) < 4.78 is 0. The van der Waals surface area contributed by atoms with E-state index < -0.39 is 0 Å². The van der Waals surface area contributed by atoms with E-state index in [4.69, 9.17) is 0 Å². The van der Waals surface area contributed by atoms with Crippen LogP contribution < -0.4 is 0 Å². The van der Waals surface area contributed by atoms with Gasteiger partial charge in [0.2, 0.25) is 0 Å². The zero-order chi connectivity index (χ0) is 16.0. The Hall–Kier alpha value is -0.550. The summed E-state index contributed by atoms with van der Waals surface area (Å²) in [5.74, 6) is 4.53. The van der Waals surface area contributed by atoms with Gasteiger partial charge < -0.3 is 5.11 Å². The average molecular weight is 316 g/mol. The van der Waals surface area contributed by atoms with Crippen LogP contribution in [0, 0.1) is 52.3 Å². The van der Waals surface area contributed by atoms with Crippen LogP contribution in [0.1, 0.15) is 77.6 Å². The second kappa shape index (κ2) is 6.07. The highest BCUT2D eigenvalue weighted by Gasteiger charge is 2.54. The van der Waals surface area contributed by atoms with Crippen molar-refractivity contribution in [1.29, 1.82) is 5.26 Å². The summed E-state index contributed by atoms with van der Waals surface area (Å²) >= 11 is 0. The molecule has 0 aromatic rings. The lowest BCUT2D eigenvalue weighted by Gasteiger charge is -2.57. The molecule has 0 saturated heterocycles. The minimum absolute atomic E-state index is 0.0255. The minimum Gasteiger partial charge on any atom is -0.393 e. The normalized spacial score (nSPS) is 53.2. The van der Waals surface area contributed by atoms with Crippen LogP contribution >= 0.6 is 0 Å². The zero-order valence-electron chi connectivity index (χ0n) is 14.7. The summed E-state index contributed by atoms with van der Waals surface area (Å²) in [4.78, 5) is 0. The molecule has 0 radical (unpaired) electrons. The molecule has 2 nitrogen and oxygen atoms in total. The Morgan fingerprint density at radius 3 is 2.52 bits per heavy atom. The van der Waals surface area contributed by atoms with Crippen LogP contribution in [-0.4, -0.2) is 11.2 Å². The van der Waals surface area contributed by atoms with Crippen molar-refractivity contribution >= 4 is 0 Å². The zero-order valence-corrected chi connectivity index (χ0v) is 14.7. The second-order valence-corrected chi connectivity index (χ2v) is 9.41. The summed E-state index contributed by atoms with van der Waals surface area (Å²) in [5, 5.41) is 19.8. The lowest BCUT2D eigenvalue weighted by atomic mass is 9.47. The van der Waals surface area contributed by atoms with Gasteiger partial charge in [-0.05, 0) is 92.8 Å². The van der Waals surface area contributed by atoms with Crippen molar-refractivity contribution in [2.45, 2.75) is 83.7 Å². The van der Waals surface area contributed by atoms with Crippen molar-refractivity contribution in [3.63, 3.8) is 0 Å². The smallest absolute Gasteiger partial charge is 0.0661 e. The van der Waals surface area contributed by atoms with Gasteiger partial charge in [0.1, 0.15) is 0 Å². The van der Waals surface area contributed by atoms with Crippen LogP contribution in [0.2, 0.25) is 0 Å². The number of fused-ring (bicyclic) bond motifs is 5. The van der Waals surface area contributed by atoms with Crippen LogP contribution in [0.5, 0.6) is 0 Å². The van der Waals surface area contributed by atoms with Crippen molar-refractivity contribution in [3.05, 3.63) is 0 Å². The van der Waals surface area contributed by atoms with Crippen LogP contribution in [0.3, 0.4) is 0 Å². The molecule has 0 aromatic heterocycles. The Morgan fingerprint density at radius 2 is 1.70 bits per heavy atom. The van der Waals surface area contributed by atoms with E-state index in [1.807, 2.05) is 0 Å². The Balaban J connectivity index is 1.59. The Kier molecular flexibility index (Phi) is 4.21. The molecule has 2 heteroatoms. The van der Waals surface area contributed by atoms with E-state index >= 15 is 0 Å². The molecule has 4 fully saturated rings. The summed E-state index contributed by atoms with van der Waals surface area (Å²) in [6.07, 6.45) is 13.8. The molecule has 0 heterocycles. The number of aliphatic hydroxyl groups excluding tert-OH is 1. The Bertz CT molecular complexity index is 483. The highest BCUT2D eigenvalue weighted by Crippen LogP contribution is 2.61. The van der Waals surface area contributed by atoms with Gasteiger partial charge in [-0.1, -0.05) is 19.8 Å². The molecular weight excluding hydrogens is 282 g/mol. The second-order valence-electron chi connectivity index (χ2n) is 9.41. The predicted octanol–water partition coefficient (Wildman–Crippen LogP) is 4.92. The van der Waals surface area contributed by atoms with Gasteiger partial charge in [-0.25, -0.2) is 0 Å². The fourth-order valence-electron chi connectivity index (χ4n) is 7.41. The number of nitrogens with zero attached hydrogens (tertiary/aromatic N) is 1.